The fourth-order valence-corrected chi connectivity index (χ4v) is 4.40. The molecule has 1 aromatic carbocycles. The number of ether oxygens (including phenoxy) is 2. The zero-order valence-corrected chi connectivity index (χ0v) is 15.6. The van der Waals surface area contributed by atoms with Crippen LogP contribution < -0.4 is 5.32 Å². The van der Waals surface area contributed by atoms with E-state index in [1.165, 1.54) is 6.07 Å². The van der Waals surface area contributed by atoms with E-state index in [2.05, 4.69) is 5.32 Å². The van der Waals surface area contributed by atoms with Crippen LogP contribution in [0, 0.1) is 0 Å². The quantitative estimate of drug-likeness (QED) is 0.762. The summed E-state index contributed by atoms with van der Waals surface area (Å²) in [6.45, 7) is 1.34. The topological polar surface area (TPSA) is 102 Å². The van der Waals surface area contributed by atoms with Gasteiger partial charge in [-0.3, -0.25) is 5.32 Å². The van der Waals surface area contributed by atoms with Crippen LogP contribution in [0.15, 0.2) is 17.0 Å². The van der Waals surface area contributed by atoms with Gasteiger partial charge in [0, 0.05) is 10.7 Å². The Morgan fingerprint density at radius 3 is 2.68 bits per heavy atom. The van der Waals surface area contributed by atoms with E-state index in [9.17, 15) is 18.3 Å². The molecule has 2 N–H and O–H groups in total. The molecule has 1 atom stereocenters. The van der Waals surface area contributed by atoms with Gasteiger partial charge in [0.05, 0.1) is 22.1 Å². The standard InChI is InChI=1S/C16H22ClNO6S/c1-15(2,3)24-14(20)18-11-6-5-10(17)13(12(11)19)25(21,22)16(4)7-8-23-9-16/h5-6,19H,7-9H2,1-4H3,(H,18,20)/i4D3. The fraction of sp³-hybridized carbons (Fsp3) is 0.562. The molecule has 9 heteroatoms. The zero-order chi connectivity index (χ0) is 21.5. The number of anilines is 1. The fourth-order valence-electron chi connectivity index (χ4n) is 2.27. The molecule has 140 valence electrons. The highest BCUT2D eigenvalue weighted by molar-refractivity contribution is 7.93. The molecule has 1 unspecified atom stereocenters. The molecule has 1 amide bonds. The second-order valence-electron chi connectivity index (χ2n) is 6.70. The van der Waals surface area contributed by atoms with Crippen LogP contribution in [0.4, 0.5) is 10.5 Å². The number of carbonyl (C=O) groups excluding carboxylic acids is 1. The summed E-state index contributed by atoms with van der Waals surface area (Å²) in [4.78, 5) is 11.2. The van der Waals surface area contributed by atoms with Crippen LogP contribution >= 0.6 is 11.6 Å². The van der Waals surface area contributed by atoms with E-state index < -0.39 is 50.4 Å². The van der Waals surface area contributed by atoms with Crippen molar-refractivity contribution in [3.05, 3.63) is 17.2 Å². The molecular weight excluding hydrogens is 370 g/mol. The second kappa shape index (κ2) is 6.66. The summed E-state index contributed by atoms with van der Waals surface area (Å²) in [5, 5.41) is 12.4. The minimum Gasteiger partial charge on any atom is -0.504 e. The molecule has 1 saturated heterocycles. The van der Waals surface area contributed by atoms with E-state index >= 15 is 0 Å². The first-order valence-electron chi connectivity index (χ1n) is 8.96. The zero-order valence-electron chi connectivity index (χ0n) is 17.1. The number of phenolic OH excluding ortho intramolecular Hbond substituents is 1. The molecule has 1 aliphatic heterocycles. The maximum atomic E-state index is 13.3. The molecule has 7 nitrogen and oxygen atoms in total. The van der Waals surface area contributed by atoms with Crippen molar-refractivity contribution in [2.75, 3.05) is 18.5 Å². The number of carbonyl (C=O) groups is 1. The Kier molecular flexibility index (Phi) is 4.19. The van der Waals surface area contributed by atoms with Gasteiger partial charge in [-0.2, -0.15) is 0 Å². The van der Waals surface area contributed by atoms with Gasteiger partial charge in [0.2, 0.25) is 0 Å². The number of halogens is 1. The van der Waals surface area contributed by atoms with Crippen molar-refractivity contribution < 1.29 is 31.9 Å². The van der Waals surface area contributed by atoms with Crippen molar-refractivity contribution in [3.8, 4) is 5.75 Å². The monoisotopic (exact) mass is 394 g/mol. The Hall–Kier alpha value is -1.51. The minimum absolute atomic E-state index is 0.0636. The number of aromatic hydroxyl groups is 1. The van der Waals surface area contributed by atoms with Gasteiger partial charge in [0.1, 0.15) is 10.5 Å². The van der Waals surface area contributed by atoms with E-state index in [1.54, 1.807) is 20.8 Å². The van der Waals surface area contributed by atoms with Crippen LogP contribution in [0.3, 0.4) is 0 Å². The van der Waals surface area contributed by atoms with Crippen LogP contribution in [0.1, 0.15) is 38.2 Å². The molecule has 0 aromatic heterocycles. The predicted octanol–water partition coefficient (Wildman–Crippen LogP) is 3.35. The Bertz CT molecular complexity index is 874. The lowest BCUT2D eigenvalue weighted by Crippen LogP contribution is -2.36. The van der Waals surface area contributed by atoms with Gasteiger partial charge >= 0.3 is 6.09 Å². The molecule has 1 aliphatic rings. The van der Waals surface area contributed by atoms with Crippen molar-refractivity contribution >= 4 is 33.2 Å². The molecule has 0 radical (unpaired) electrons. The Labute approximate surface area is 156 Å². The Balaban J connectivity index is 2.55. The van der Waals surface area contributed by atoms with Crippen molar-refractivity contribution in [3.63, 3.8) is 0 Å². The number of hydrogen-bond donors (Lipinski definition) is 2. The number of hydrogen-bond acceptors (Lipinski definition) is 6. The highest BCUT2D eigenvalue weighted by Crippen LogP contribution is 2.43. The van der Waals surface area contributed by atoms with E-state index in [0.717, 1.165) is 6.07 Å². The number of benzene rings is 1. The molecule has 0 spiro atoms. The Morgan fingerprint density at radius 1 is 1.48 bits per heavy atom. The number of sulfone groups is 1. The molecular formula is C16H22ClNO6S. The molecule has 1 heterocycles. The SMILES string of the molecule is [2H]C([2H])([2H])C1(S(=O)(=O)c2c(Cl)ccc(NC(=O)OC(C)(C)C)c2O)CCOC1. The Morgan fingerprint density at radius 2 is 2.16 bits per heavy atom. The maximum Gasteiger partial charge on any atom is 0.412 e. The van der Waals surface area contributed by atoms with Crippen molar-refractivity contribution in [1.29, 1.82) is 0 Å². The van der Waals surface area contributed by atoms with E-state index in [0.29, 0.717) is 0 Å². The summed E-state index contributed by atoms with van der Waals surface area (Å²) in [6.07, 6.45) is -1.21. The minimum atomic E-state index is -4.67. The first-order chi connectivity index (χ1) is 12.6. The molecule has 2 rings (SSSR count). The molecule has 25 heavy (non-hydrogen) atoms. The molecule has 0 bridgehead atoms. The third kappa shape index (κ3) is 4.02. The average Bonchev–Trinajstić information content (AvgIpc) is 2.99. The predicted molar refractivity (Wildman–Crippen MR) is 94.0 cm³/mol. The highest BCUT2D eigenvalue weighted by Gasteiger charge is 2.46. The summed E-state index contributed by atoms with van der Waals surface area (Å²) >= 11 is 6.01. The summed E-state index contributed by atoms with van der Waals surface area (Å²) in [5.41, 5.74) is -1.11. The molecule has 1 fully saturated rings. The van der Waals surface area contributed by atoms with Crippen molar-refractivity contribution in [1.82, 2.24) is 0 Å². The highest BCUT2D eigenvalue weighted by atomic mass is 35.5. The lowest BCUT2D eigenvalue weighted by Gasteiger charge is -2.24. The third-order valence-electron chi connectivity index (χ3n) is 3.49. The van der Waals surface area contributed by atoms with Crippen LogP contribution in [0.2, 0.25) is 5.02 Å². The number of rotatable bonds is 3. The van der Waals surface area contributed by atoms with E-state index in [4.69, 9.17) is 25.2 Å². The number of nitrogens with one attached hydrogen (secondary N) is 1. The van der Waals surface area contributed by atoms with E-state index in [-0.39, 0.29) is 23.7 Å². The number of phenols is 1. The van der Waals surface area contributed by atoms with Crippen molar-refractivity contribution in [2.45, 2.75) is 49.3 Å². The van der Waals surface area contributed by atoms with Gasteiger partial charge in [-0.05, 0) is 46.2 Å². The lowest BCUT2D eigenvalue weighted by molar-refractivity contribution is 0.0635. The van der Waals surface area contributed by atoms with Gasteiger partial charge in [-0.1, -0.05) is 11.6 Å². The molecule has 1 aromatic rings. The largest absolute Gasteiger partial charge is 0.504 e. The average molecular weight is 395 g/mol. The normalized spacial score (nSPS) is 23.4. The number of amides is 1. The summed E-state index contributed by atoms with van der Waals surface area (Å²) in [6, 6.07) is 2.33. The van der Waals surface area contributed by atoms with Crippen LogP contribution in [0.5, 0.6) is 5.75 Å². The van der Waals surface area contributed by atoms with E-state index in [1.807, 2.05) is 0 Å². The van der Waals surface area contributed by atoms with Gasteiger partial charge in [-0.25, -0.2) is 13.2 Å². The summed E-state index contributed by atoms with van der Waals surface area (Å²) in [7, 11) is -4.67. The third-order valence-corrected chi connectivity index (χ3v) is 6.22. The van der Waals surface area contributed by atoms with Crippen LogP contribution in [0.25, 0.3) is 0 Å². The molecule has 0 aliphatic carbocycles. The van der Waals surface area contributed by atoms with Gasteiger partial charge < -0.3 is 14.6 Å². The van der Waals surface area contributed by atoms with Crippen molar-refractivity contribution in [2.24, 2.45) is 0 Å². The smallest absolute Gasteiger partial charge is 0.412 e. The lowest BCUT2D eigenvalue weighted by atomic mass is 10.1. The first kappa shape index (κ1) is 15.7. The van der Waals surface area contributed by atoms with Gasteiger partial charge in [0.25, 0.3) is 0 Å². The summed E-state index contributed by atoms with van der Waals surface area (Å²) < 4.78 is 57.7. The first-order valence-corrected chi connectivity index (χ1v) is 9.32. The van der Waals surface area contributed by atoms with Crippen LogP contribution in [-0.4, -0.2) is 43.2 Å². The maximum absolute atomic E-state index is 13.3. The summed E-state index contributed by atoms with van der Waals surface area (Å²) in [5.74, 6) is -0.867. The van der Waals surface area contributed by atoms with Gasteiger partial charge in [-0.15, -0.1) is 0 Å². The van der Waals surface area contributed by atoms with Crippen LogP contribution in [-0.2, 0) is 19.3 Å². The second-order valence-corrected chi connectivity index (χ2v) is 9.30. The molecule has 0 saturated carbocycles. The van der Waals surface area contributed by atoms with Gasteiger partial charge in [0.15, 0.2) is 15.6 Å².